The molecule has 1 atom stereocenters. The molecule has 0 saturated carbocycles. The Morgan fingerprint density at radius 1 is 1.40 bits per heavy atom. The van der Waals surface area contributed by atoms with Gasteiger partial charge in [-0.3, -0.25) is 0 Å². The molecule has 0 amide bonds. The van der Waals surface area contributed by atoms with E-state index >= 15 is 0 Å². The van der Waals surface area contributed by atoms with E-state index in [1.165, 1.54) is 6.07 Å². The van der Waals surface area contributed by atoms with Crippen LogP contribution in [0.1, 0.15) is 13.8 Å². The van der Waals surface area contributed by atoms with E-state index in [1.807, 2.05) is 18.0 Å². The molecule has 84 valence electrons. The fourth-order valence-electron chi connectivity index (χ4n) is 1.68. The molecule has 0 aliphatic heterocycles. The van der Waals surface area contributed by atoms with Crippen molar-refractivity contribution in [3.63, 3.8) is 0 Å². The van der Waals surface area contributed by atoms with Gasteiger partial charge in [-0.2, -0.15) is 0 Å². The number of likely N-dealkylation sites (N-methyl/N-ethyl adjacent to an activating group) is 2. The van der Waals surface area contributed by atoms with E-state index in [0.29, 0.717) is 11.7 Å². The van der Waals surface area contributed by atoms with Crippen molar-refractivity contribution in [3.05, 3.63) is 30.1 Å². The molecule has 1 rings (SSSR count). The third kappa shape index (κ3) is 3.51. The van der Waals surface area contributed by atoms with Gasteiger partial charge in [0.2, 0.25) is 0 Å². The molecule has 1 aromatic rings. The van der Waals surface area contributed by atoms with Crippen molar-refractivity contribution in [1.82, 2.24) is 5.32 Å². The molecule has 15 heavy (non-hydrogen) atoms. The topological polar surface area (TPSA) is 15.3 Å². The molecule has 0 fully saturated rings. The van der Waals surface area contributed by atoms with Gasteiger partial charge in [0, 0.05) is 19.6 Å². The number of halogens is 1. The third-order valence-corrected chi connectivity index (χ3v) is 2.36. The van der Waals surface area contributed by atoms with Crippen molar-refractivity contribution >= 4 is 5.69 Å². The first kappa shape index (κ1) is 12.0. The van der Waals surface area contributed by atoms with Gasteiger partial charge in [-0.25, -0.2) is 4.39 Å². The standard InChI is InChI=1S/C12H19FN2/c1-4-14-10(2)9-15(3)12-8-6-5-7-11(12)13/h5-8,10,14H,4,9H2,1-3H3. The van der Waals surface area contributed by atoms with Crippen molar-refractivity contribution in [2.45, 2.75) is 19.9 Å². The number of nitrogens with zero attached hydrogens (tertiary/aromatic N) is 1. The van der Waals surface area contributed by atoms with Crippen molar-refractivity contribution < 1.29 is 4.39 Å². The van der Waals surface area contributed by atoms with Gasteiger partial charge >= 0.3 is 0 Å². The van der Waals surface area contributed by atoms with Crippen LogP contribution in [0.5, 0.6) is 0 Å². The lowest BCUT2D eigenvalue weighted by Crippen LogP contribution is -2.37. The molecule has 0 aromatic heterocycles. The zero-order valence-electron chi connectivity index (χ0n) is 9.63. The van der Waals surface area contributed by atoms with E-state index in [0.717, 1.165) is 13.1 Å². The third-order valence-electron chi connectivity index (χ3n) is 2.36. The normalized spacial score (nSPS) is 12.5. The second-order valence-electron chi connectivity index (χ2n) is 3.79. The summed E-state index contributed by atoms with van der Waals surface area (Å²) in [6.45, 7) is 5.90. The molecule has 0 aliphatic carbocycles. The van der Waals surface area contributed by atoms with Gasteiger partial charge < -0.3 is 10.2 Å². The van der Waals surface area contributed by atoms with Crippen molar-refractivity contribution in [2.75, 3.05) is 25.0 Å². The highest BCUT2D eigenvalue weighted by atomic mass is 19.1. The maximum Gasteiger partial charge on any atom is 0.146 e. The van der Waals surface area contributed by atoms with Crippen LogP contribution < -0.4 is 10.2 Å². The lowest BCUT2D eigenvalue weighted by Gasteiger charge is -2.24. The molecule has 1 N–H and O–H groups in total. The number of para-hydroxylation sites is 1. The van der Waals surface area contributed by atoms with Gasteiger partial charge in [0.1, 0.15) is 5.82 Å². The Balaban J connectivity index is 2.61. The van der Waals surface area contributed by atoms with Crippen LogP contribution in [0.3, 0.4) is 0 Å². The Hall–Kier alpha value is -1.09. The molecule has 1 unspecified atom stereocenters. The Bertz CT molecular complexity index is 301. The number of anilines is 1. The lowest BCUT2D eigenvalue weighted by molar-refractivity contribution is 0.556. The average Bonchev–Trinajstić information content (AvgIpc) is 2.18. The van der Waals surface area contributed by atoms with Crippen LogP contribution in [0.2, 0.25) is 0 Å². The summed E-state index contributed by atoms with van der Waals surface area (Å²) in [5.41, 5.74) is 0.655. The van der Waals surface area contributed by atoms with Gasteiger partial charge in [0.25, 0.3) is 0 Å². The van der Waals surface area contributed by atoms with Gasteiger partial charge in [-0.15, -0.1) is 0 Å². The molecule has 0 aliphatic rings. The molecular weight excluding hydrogens is 191 g/mol. The number of hydrogen-bond acceptors (Lipinski definition) is 2. The van der Waals surface area contributed by atoms with Crippen molar-refractivity contribution in [1.29, 1.82) is 0 Å². The average molecular weight is 210 g/mol. The monoisotopic (exact) mass is 210 g/mol. The van der Waals surface area contributed by atoms with Gasteiger partial charge in [0.05, 0.1) is 5.69 Å². The highest BCUT2D eigenvalue weighted by Gasteiger charge is 2.09. The smallest absolute Gasteiger partial charge is 0.146 e. The first-order valence-electron chi connectivity index (χ1n) is 5.34. The zero-order chi connectivity index (χ0) is 11.3. The molecule has 2 nitrogen and oxygen atoms in total. The Morgan fingerprint density at radius 3 is 2.67 bits per heavy atom. The Labute approximate surface area is 91.1 Å². The number of nitrogens with one attached hydrogen (secondary N) is 1. The fourth-order valence-corrected chi connectivity index (χ4v) is 1.68. The van der Waals surface area contributed by atoms with Crippen LogP contribution >= 0.6 is 0 Å². The number of benzene rings is 1. The van der Waals surface area contributed by atoms with Crippen LogP contribution in [0.4, 0.5) is 10.1 Å². The minimum atomic E-state index is -0.163. The van der Waals surface area contributed by atoms with E-state index in [4.69, 9.17) is 0 Å². The molecule has 1 aromatic carbocycles. The second kappa shape index (κ2) is 5.71. The maximum absolute atomic E-state index is 13.4. The zero-order valence-corrected chi connectivity index (χ0v) is 9.63. The summed E-state index contributed by atoms with van der Waals surface area (Å²) < 4.78 is 13.4. The summed E-state index contributed by atoms with van der Waals surface area (Å²) in [7, 11) is 1.91. The molecule has 0 spiro atoms. The molecule has 3 heteroatoms. The quantitative estimate of drug-likeness (QED) is 0.802. The van der Waals surface area contributed by atoms with Crippen LogP contribution in [0.25, 0.3) is 0 Å². The highest BCUT2D eigenvalue weighted by molar-refractivity contribution is 5.46. The second-order valence-corrected chi connectivity index (χ2v) is 3.79. The van der Waals surface area contributed by atoms with Gasteiger partial charge in [-0.05, 0) is 25.6 Å². The molecule has 0 bridgehead atoms. The van der Waals surface area contributed by atoms with E-state index in [2.05, 4.69) is 19.2 Å². The number of hydrogen-bond donors (Lipinski definition) is 1. The van der Waals surface area contributed by atoms with Gasteiger partial charge in [-0.1, -0.05) is 19.1 Å². The highest BCUT2D eigenvalue weighted by Crippen LogP contribution is 2.16. The maximum atomic E-state index is 13.4. The lowest BCUT2D eigenvalue weighted by atomic mass is 10.2. The summed E-state index contributed by atoms with van der Waals surface area (Å²) in [5.74, 6) is -0.163. The number of rotatable bonds is 5. The summed E-state index contributed by atoms with van der Waals surface area (Å²) in [6, 6.07) is 7.21. The first-order valence-corrected chi connectivity index (χ1v) is 5.34. The molecular formula is C12H19FN2. The van der Waals surface area contributed by atoms with Crippen LogP contribution in [-0.2, 0) is 0 Å². The summed E-state index contributed by atoms with van der Waals surface area (Å²) >= 11 is 0. The predicted molar refractivity (Wildman–Crippen MR) is 62.8 cm³/mol. The van der Waals surface area contributed by atoms with E-state index in [9.17, 15) is 4.39 Å². The largest absolute Gasteiger partial charge is 0.371 e. The minimum absolute atomic E-state index is 0.163. The summed E-state index contributed by atoms with van der Waals surface area (Å²) in [5, 5.41) is 3.30. The van der Waals surface area contributed by atoms with Crippen molar-refractivity contribution in [3.8, 4) is 0 Å². The molecule has 0 radical (unpaired) electrons. The minimum Gasteiger partial charge on any atom is -0.371 e. The fraction of sp³-hybridized carbons (Fsp3) is 0.500. The van der Waals surface area contributed by atoms with E-state index in [-0.39, 0.29) is 5.82 Å². The first-order chi connectivity index (χ1) is 7.15. The molecule has 0 heterocycles. The van der Waals surface area contributed by atoms with Crippen molar-refractivity contribution in [2.24, 2.45) is 0 Å². The summed E-state index contributed by atoms with van der Waals surface area (Å²) in [6.07, 6.45) is 0. The Kier molecular flexibility index (Phi) is 4.56. The van der Waals surface area contributed by atoms with Crippen LogP contribution in [-0.4, -0.2) is 26.2 Å². The SMILES string of the molecule is CCNC(C)CN(C)c1ccccc1F. The van der Waals surface area contributed by atoms with E-state index in [1.54, 1.807) is 12.1 Å². The van der Waals surface area contributed by atoms with Gasteiger partial charge in [0.15, 0.2) is 0 Å². The molecule has 0 saturated heterocycles. The predicted octanol–water partition coefficient (Wildman–Crippen LogP) is 2.26. The Morgan fingerprint density at radius 2 is 2.07 bits per heavy atom. The van der Waals surface area contributed by atoms with Crippen LogP contribution in [0.15, 0.2) is 24.3 Å². The summed E-state index contributed by atoms with van der Waals surface area (Å²) in [4.78, 5) is 1.93. The van der Waals surface area contributed by atoms with Crippen LogP contribution in [0, 0.1) is 5.82 Å². The van der Waals surface area contributed by atoms with E-state index < -0.39 is 0 Å².